The molecule has 10 atom stereocenters. The summed E-state index contributed by atoms with van der Waals surface area (Å²) in [5.74, 6) is -2.54. The molecule has 14 nitrogen and oxygen atoms in total. The van der Waals surface area contributed by atoms with E-state index in [1.54, 1.807) is 55.4 Å². The monoisotopic (exact) mass is 556 g/mol. The molecule has 14 heteroatoms. The molecular formula is C24H44O14. The molecule has 0 spiro atoms. The summed E-state index contributed by atoms with van der Waals surface area (Å²) in [6.07, 6.45) is -14.1. The lowest BCUT2D eigenvalue weighted by molar-refractivity contribution is -0.310. The van der Waals surface area contributed by atoms with E-state index in [1.807, 2.05) is 0 Å². The normalized spacial score (nSPS) is 35.9. The molecule has 6 unspecified atom stereocenters. The van der Waals surface area contributed by atoms with E-state index in [-0.39, 0.29) is 24.4 Å². The summed E-state index contributed by atoms with van der Waals surface area (Å²) in [5, 5.41) is 58.0. The average molecular weight is 557 g/mol. The highest BCUT2D eigenvalue weighted by atomic mass is 16.7. The molecule has 224 valence electrons. The maximum atomic E-state index is 11.2. The van der Waals surface area contributed by atoms with Gasteiger partial charge in [0.15, 0.2) is 24.8 Å². The first kappa shape index (κ1) is 34.6. The fourth-order valence-electron chi connectivity index (χ4n) is 3.77. The lowest BCUT2D eigenvalue weighted by atomic mass is 9.98. The van der Waals surface area contributed by atoms with E-state index in [0.717, 1.165) is 0 Å². The minimum Gasteiger partial charge on any atom is -0.479 e. The van der Waals surface area contributed by atoms with Gasteiger partial charge in [-0.05, 0) is 55.4 Å². The quantitative estimate of drug-likeness (QED) is 0.200. The zero-order valence-corrected chi connectivity index (χ0v) is 23.0. The van der Waals surface area contributed by atoms with E-state index in [1.165, 1.54) is 0 Å². The summed E-state index contributed by atoms with van der Waals surface area (Å²) in [6.45, 7) is 13.7. The molecule has 2 saturated heterocycles. The van der Waals surface area contributed by atoms with Gasteiger partial charge in [-0.1, -0.05) is 0 Å². The summed E-state index contributed by atoms with van der Waals surface area (Å²) < 4.78 is 31.6. The molecule has 2 rings (SSSR count). The second kappa shape index (κ2) is 15.4. The highest BCUT2D eigenvalue weighted by Crippen LogP contribution is 2.27. The lowest BCUT2D eigenvalue weighted by Gasteiger charge is -2.41. The van der Waals surface area contributed by atoms with Gasteiger partial charge in [0.1, 0.15) is 36.6 Å². The highest BCUT2D eigenvalue weighted by Gasteiger charge is 2.50. The van der Waals surface area contributed by atoms with Crippen molar-refractivity contribution < 1.29 is 68.6 Å². The fraction of sp³-hybridized carbons (Fsp3) is 0.917. The van der Waals surface area contributed by atoms with Crippen molar-refractivity contribution >= 4 is 11.9 Å². The van der Waals surface area contributed by atoms with E-state index in [0.29, 0.717) is 0 Å². The first-order chi connectivity index (χ1) is 17.5. The lowest BCUT2D eigenvalue weighted by Crippen LogP contribution is -2.61. The number of hydrogen-bond donors (Lipinski definition) is 6. The highest BCUT2D eigenvalue weighted by molar-refractivity contribution is 5.74. The van der Waals surface area contributed by atoms with Gasteiger partial charge in [-0.25, -0.2) is 9.59 Å². The second-order valence-corrected chi connectivity index (χ2v) is 10.2. The van der Waals surface area contributed by atoms with Crippen LogP contribution < -0.4 is 0 Å². The SMILES string of the molecule is CC(C)OC1OC(C(=O)O)C(OC(C)C)C(O)C1O.CC(C)OC1O[C@H](C(=O)O)[C@@H](OC(C)C)[C@H](O)[C@@H]1O. The summed E-state index contributed by atoms with van der Waals surface area (Å²) in [6, 6.07) is 0. The number of rotatable bonds is 10. The van der Waals surface area contributed by atoms with Gasteiger partial charge >= 0.3 is 11.9 Å². The zero-order valence-electron chi connectivity index (χ0n) is 23.0. The third kappa shape index (κ3) is 9.93. The van der Waals surface area contributed by atoms with Gasteiger partial charge in [0.05, 0.1) is 24.4 Å². The Kier molecular flexibility index (Phi) is 14.0. The number of aliphatic hydroxyl groups is 4. The standard InChI is InChI=1S/2C12H22O7/c2*1-5(2)17-9-7(13)8(14)12(18-6(3)4)19-10(9)11(15)16/h2*5-10,12-14H,1-4H3,(H,15,16)/t7-,8+,9+,10+,12?;/m1./s1. The van der Waals surface area contributed by atoms with Crippen LogP contribution in [0, 0.1) is 0 Å². The van der Waals surface area contributed by atoms with Gasteiger partial charge < -0.3 is 59.1 Å². The predicted octanol–water partition coefficient (Wildman–Crippen LogP) is -0.527. The van der Waals surface area contributed by atoms with Crippen LogP contribution >= 0.6 is 0 Å². The summed E-state index contributed by atoms with van der Waals surface area (Å²) in [4.78, 5) is 22.4. The smallest absolute Gasteiger partial charge is 0.335 e. The number of hydrogen-bond acceptors (Lipinski definition) is 12. The number of carbonyl (C=O) groups is 2. The van der Waals surface area contributed by atoms with Crippen LogP contribution in [0.4, 0.5) is 0 Å². The molecular weight excluding hydrogens is 512 g/mol. The summed E-state index contributed by atoms with van der Waals surface area (Å²) in [7, 11) is 0. The van der Waals surface area contributed by atoms with Gasteiger partial charge in [0, 0.05) is 0 Å². The largest absolute Gasteiger partial charge is 0.479 e. The van der Waals surface area contributed by atoms with Crippen LogP contribution in [0.3, 0.4) is 0 Å². The minimum atomic E-state index is -1.39. The first-order valence-electron chi connectivity index (χ1n) is 12.6. The number of aliphatic hydroxyl groups excluding tert-OH is 4. The van der Waals surface area contributed by atoms with Crippen molar-refractivity contribution in [2.75, 3.05) is 0 Å². The molecule has 2 heterocycles. The Labute approximate surface area is 222 Å². The molecule has 0 aliphatic carbocycles. The van der Waals surface area contributed by atoms with E-state index >= 15 is 0 Å². The van der Waals surface area contributed by atoms with Crippen molar-refractivity contribution in [2.24, 2.45) is 0 Å². The average Bonchev–Trinajstić information content (AvgIpc) is 2.77. The molecule has 0 saturated carbocycles. The van der Waals surface area contributed by atoms with Crippen LogP contribution in [-0.2, 0) is 38.0 Å². The van der Waals surface area contributed by atoms with E-state index in [9.17, 15) is 30.0 Å². The molecule has 2 aliphatic heterocycles. The molecule has 0 aromatic heterocycles. The van der Waals surface area contributed by atoms with Crippen molar-refractivity contribution in [3.63, 3.8) is 0 Å². The molecule has 0 bridgehead atoms. The Bertz CT molecular complexity index is 669. The van der Waals surface area contributed by atoms with Crippen LogP contribution in [-0.4, -0.2) is 128 Å². The third-order valence-corrected chi connectivity index (χ3v) is 5.25. The Hall–Kier alpha value is -1.46. The number of carboxylic acids is 2. The Balaban J connectivity index is 0.000000380. The predicted molar refractivity (Wildman–Crippen MR) is 129 cm³/mol. The molecule has 6 N–H and O–H groups in total. The molecule has 0 radical (unpaired) electrons. The minimum absolute atomic E-state index is 0.274. The van der Waals surface area contributed by atoms with Crippen molar-refractivity contribution in [1.29, 1.82) is 0 Å². The van der Waals surface area contributed by atoms with Crippen LogP contribution in [0.25, 0.3) is 0 Å². The molecule has 0 aromatic carbocycles. The van der Waals surface area contributed by atoms with Crippen LogP contribution in [0.5, 0.6) is 0 Å². The summed E-state index contributed by atoms with van der Waals surface area (Å²) in [5.41, 5.74) is 0. The topological polar surface area (TPSA) is 211 Å². The van der Waals surface area contributed by atoms with Gasteiger partial charge in [-0.15, -0.1) is 0 Å². The van der Waals surface area contributed by atoms with E-state index < -0.39 is 73.4 Å². The maximum absolute atomic E-state index is 11.2. The van der Waals surface area contributed by atoms with Crippen LogP contribution in [0.1, 0.15) is 55.4 Å². The van der Waals surface area contributed by atoms with Crippen LogP contribution in [0.15, 0.2) is 0 Å². The van der Waals surface area contributed by atoms with Crippen molar-refractivity contribution in [2.45, 2.75) is 141 Å². The summed E-state index contributed by atoms with van der Waals surface area (Å²) >= 11 is 0. The van der Waals surface area contributed by atoms with Crippen molar-refractivity contribution in [3.8, 4) is 0 Å². The Morgan fingerprint density at radius 3 is 1.00 bits per heavy atom. The van der Waals surface area contributed by atoms with Gasteiger partial charge in [0.2, 0.25) is 0 Å². The molecule has 2 fully saturated rings. The van der Waals surface area contributed by atoms with E-state index in [2.05, 4.69) is 0 Å². The van der Waals surface area contributed by atoms with Crippen LogP contribution in [0.2, 0.25) is 0 Å². The van der Waals surface area contributed by atoms with Crippen molar-refractivity contribution in [3.05, 3.63) is 0 Å². The van der Waals surface area contributed by atoms with Gasteiger partial charge in [0.25, 0.3) is 0 Å². The van der Waals surface area contributed by atoms with Gasteiger partial charge in [-0.2, -0.15) is 0 Å². The molecule has 38 heavy (non-hydrogen) atoms. The Morgan fingerprint density at radius 1 is 0.526 bits per heavy atom. The molecule has 0 amide bonds. The second-order valence-electron chi connectivity index (χ2n) is 10.2. The number of aliphatic carboxylic acids is 2. The zero-order chi connectivity index (χ0) is 29.5. The van der Waals surface area contributed by atoms with E-state index in [4.69, 9.17) is 38.6 Å². The molecule has 2 aliphatic rings. The first-order valence-corrected chi connectivity index (χ1v) is 12.6. The fourth-order valence-corrected chi connectivity index (χ4v) is 3.77. The number of carboxylic acid groups (broad SMARTS) is 2. The van der Waals surface area contributed by atoms with Crippen molar-refractivity contribution in [1.82, 2.24) is 0 Å². The molecule has 0 aromatic rings. The Morgan fingerprint density at radius 2 is 0.789 bits per heavy atom. The number of ether oxygens (including phenoxy) is 6. The maximum Gasteiger partial charge on any atom is 0.335 e. The van der Waals surface area contributed by atoms with Gasteiger partial charge in [-0.3, -0.25) is 0 Å². The third-order valence-electron chi connectivity index (χ3n) is 5.25.